The zero-order chi connectivity index (χ0) is 18.9. The Morgan fingerprint density at radius 2 is 2.08 bits per heavy atom. The predicted molar refractivity (Wildman–Crippen MR) is 89.9 cm³/mol. The quantitative estimate of drug-likeness (QED) is 0.835. The van der Waals surface area contributed by atoms with E-state index in [9.17, 15) is 18.0 Å². The van der Waals surface area contributed by atoms with Gasteiger partial charge >= 0.3 is 6.18 Å². The first-order valence-corrected chi connectivity index (χ1v) is 8.36. The van der Waals surface area contributed by atoms with Gasteiger partial charge in [-0.3, -0.25) is 14.4 Å². The van der Waals surface area contributed by atoms with E-state index in [1.807, 2.05) is 0 Å². The molecule has 0 bridgehead atoms. The molecule has 1 aliphatic rings. The van der Waals surface area contributed by atoms with Gasteiger partial charge in [-0.2, -0.15) is 18.3 Å². The Bertz CT molecular complexity index is 797. The predicted octanol–water partition coefficient (Wildman–Crippen LogP) is 0.843. The van der Waals surface area contributed by atoms with E-state index in [2.05, 4.69) is 20.7 Å². The summed E-state index contributed by atoms with van der Waals surface area (Å²) in [5.74, 6) is -0.558. The molecule has 1 atom stereocenters. The molecule has 0 spiro atoms. The molecule has 1 unspecified atom stereocenters. The van der Waals surface area contributed by atoms with Crippen LogP contribution in [0.25, 0.3) is 11.0 Å². The number of hydrogen-bond donors (Lipinski definition) is 2. The first-order valence-electron chi connectivity index (χ1n) is 8.36. The lowest BCUT2D eigenvalue weighted by Gasteiger charge is -2.35. The number of fused-ring (bicyclic) bond motifs is 1. The number of amides is 1. The average Bonchev–Trinajstić information content (AvgIpc) is 2.95. The van der Waals surface area contributed by atoms with E-state index in [0.29, 0.717) is 42.9 Å². The number of hydrogen-bond acceptors (Lipinski definition) is 5. The second kappa shape index (κ2) is 7.20. The molecule has 26 heavy (non-hydrogen) atoms. The van der Waals surface area contributed by atoms with Crippen LogP contribution in [0.3, 0.4) is 0 Å². The number of aromatic nitrogens is 3. The molecule has 10 heteroatoms. The van der Waals surface area contributed by atoms with Gasteiger partial charge < -0.3 is 10.6 Å². The summed E-state index contributed by atoms with van der Waals surface area (Å²) >= 11 is 0. The van der Waals surface area contributed by atoms with E-state index in [0.717, 1.165) is 0 Å². The molecule has 142 valence electrons. The van der Waals surface area contributed by atoms with Crippen molar-refractivity contribution in [3.05, 3.63) is 23.5 Å². The summed E-state index contributed by atoms with van der Waals surface area (Å²) in [7, 11) is 1.69. The first-order chi connectivity index (χ1) is 12.3. The van der Waals surface area contributed by atoms with Crippen molar-refractivity contribution in [1.82, 2.24) is 30.3 Å². The van der Waals surface area contributed by atoms with Crippen molar-refractivity contribution in [3.8, 4) is 0 Å². The van der Waals surface area contributed by atoms with Gasteiger partial charge in [0.25, 0.3) is 5.91 Å². The maximum Gasteiger partial charge on any atom is 0.405 e. The van der Waals surface area contributed by atoms with Crippen LogP contribution in [0.4, 0.5) is 13.2 Å². The van der Waals surface area contributed by atoms with Crippen molar-refractivity contribution in [1.29, 1.82) is 0 Å². The van der Waals surface area contributed by atoms with Gasteiger partial charge in [-0.25, -0.2) is 4.98 Å². The van der Waals surface area contributed by atoms with Crippen molar-refractivity contribution in [2.45, 2.75) is 19.1 Å². The Balaban J connectivity index is 1.78. The molecule has 3 rings (SSSR count). The van der Waals surface area contributed by atoms with Crippen molar-refractivity contribution < 1.29 is 18.0 Å². The summed E-state index contributed by atoms with van der Waals surface area (Å²) in [4.78, 5) is 18.2. The fourth-order valence-corrected chi connectivity index (χ4v) is 3.16. The van der Waals surface area contributed by atoms with E-state index < -0.39 is 24.7 Å². The van der Waals surface area contributed by atoms with Crippen LogP contribution in [-0.4, -0.2) is 70.5 Å². The number of piperazine rings is 1. The maximum absolute atomic E-state index is 13.4. The van der Waals surface area contributed by atoms with Crippen LogP contribution in [0.5, 0.6) is 0 Å². The van der Waals surface area contributed by atoms with Crippen molar-refractivity contribution >= 4 is 16.9 Å². The van der Waals surface area contributed by atoms with Crippen LogP contribution in [0.15, 0.2) is 12.3 Å². The molecule has 1 aliphatic heterocycles. The summed E-state index contributed by atoms with van der Waals surface area (Å²) in [6.45, 7) is 2.82. The third-order valence-electron chi connectivity index (χ3n) is 4.50. The molecule has 0 aromatic carbocycles. The number of rotatable bonds is 4. The number of carbonyl (C=O) groups excluding carboxylic acids is 1. The molecule has 1 amide bonds. The normalized spacial score (nSPS) is 17.4. The fourth-order valence-electron chi connectivity index (χ4n) is 3.16. The fraction of sp³-hybridized carbons (Fsp3) is 0.562. The second-order valence-electron chi connectivity index (χ2n) is 6.37. The van der Waals surface area contributed by atoms with E-state index in [1.165, 1.54) is 15.8 Å². The summed E-state index contributed by atoms with van der Waals surface area (Å²) in [5.41, 5.74) is 1.40. The lowest BCUT2D eigenvalue weighted by molar-refractivity contribution is -0.183. The van der Waals surface area contributed by atoms with Crippen LogP contribution in [-0.2, 0) is 7.05 Å². The van der Waals surface area contributed by atoms with E-state index in [-0.39, 0.29) is 5.56 Å². The first kappa shape index (κ1) is 18.6. The molecule has 1 fully saturated rings. The van der Waals surface area contributed by atoms with E-state index in [4.69, 9.17) is 0 Å². The number of pyridine rings is 1. The third-order valence-corrected chi connectivity index (χ3v) is 4.50. The molecular weight excluding hydrogens is 349 g/mol. The molecule has 2 N–H and O–H groups in total. The zero-order valence-electron chi connectivity index (χ0n) is 14.6. The SMILES string of the molecule is Cc1cc(C(=O)NCC(N2CCNCC2)C(F)(F)F)c2cnn(C)c2n1. The van der Waals surface area contributed by atoms with Gasteiger partial charge in [0, 0.05) is 45.5 Å². The van der Waals surface area contributed by atoms with Gasteiger partial charge in [-0.15, -0.1) is 0 Å². The smallest absolute Gasteiger partial charge is 0.350 e. The lowest BCUT2D eigenvalue weighted by Crippen LogP contribution is -2.57. The number of alkyl halides is 3. The minimum absolute atomic E-state index is 0.279. The number of aryl methyl sites for hydroxylation is 2. The highest BCUT2D eigenvalue weighted by atomic mass is 19.4. The van der Waals surface area contributed by atoms with Crippen LogP contribution in [0.2, 0.25) is 0 Å². The molecule has 0 saturated carbocycles. The molecule has 0 radical (unpaired) electrons. The molecule has 3 heterocycles. The lowest BCUT2D eigenvalue weighted by atomic mass is 10.1. The highest BCUT2D eigenvalue weighted by molar-refractivity contribution is 6.05. The zero-order valence-corrected chi connectivity index (χ0v) is 14.6. The highest BCUT2D eigenvalue weighted by Crippen LogP contribution is 2.25. The molecule has 1 saturated heterocycles. The molecular formula is C16H21F3N6O. The Morgan fingerprint density at radius 1 is 1.38 bits per heavy atom. The molecule has 2 aromatic rings. The Kier molecular flexibility index (Phi) is 5.15. The summed E-state index contributed by atoms with van der Waals surface area (Å²) in [6.07, 6.45) is -2.92. The number of nitrogens with zero attached hydrogens (tertiary/aromatic N) is 4. The number of carbonyl (C=O) groups is 1. The van der Waals surface area contributed by atoms with E-state index in [1.54, 1.807) is 20.0 Å². The number of halogens is 3. The van der Waals surface area contributed by atoms with Gasteiger partial charge in [0.2, 0.25) is 0 Å². The molecule has 0 aliphatic carbocycles. The van der Waals surface area contributed by atoms with Gasteiger partial charge in [-0.05, 0) is 13.0 Å². The van der Waals surface area contributed by atoms with Crippen LogP contribution in [0.1, 0.15) is 16.1 Å². The topological polar surface area (TPSA) is 75.1 Å². The standard InChI is InChI=1S/C16H21F3N6O/c1-10-7-11(12-8-22-24(2)14(12)23-10)15(26)21-9-13(16(17,18)19)25-5-3-20-4-6-25/h7-8,13,20H,3-6,9H2,1-2H3,(H,21,26). The van der Waals surface area contributed by atoms with Crippen LogP contribution < -0.4 is 10.6 Å². The van der Waals surface area contributed by atoms with E-state index >= 15 is 0 Å². The highest BCUT2D eigenvalue weighted by Gasteiger charge is 2.43. The van der Waals surface area contributed by atoms with Crippen molar-refractivity contribution in [2.24, 2.45) is 7.05 Å². The summed E-state index contributed by atoms with van der Waals surface area (Å²) in [5, 5.41) is 10.1. The van der Waals surface area contributed by atoms with Gasteiger partial charge in [0.15, 0.2) is 5.65 Å². The van der Waals surface area contributed by atoms with Crippen LogP contribution >= 0.6 is 0 Å². The minimum atomic E-state index is -4.41. The largest absolute Gasteiger partial charge is 0.405 e. The van der Waals surface area contributed by atoms with Gasteiger partial charge in [0.1, 0.15) is 6.04 Å². The van der Waals surface area contributed by atoms with Crippen LogP contribution in [0, 0.1) is 6.92 Å². The molecule has 7 nitrogen and oxygen atoms in total. The summed E-state index contributed by atoms with van der Waals surface area (Å²) in [6, 6.07) is -0.145. The second-order valence-corrected chi connectivity index (χ2v) is 6.37. The third kappa shape index (κ3) is 3.80. The number of nitrogens with one attached hydrogen (secondary N) is 2. The van der Waals surface area contributed by atoms with Gasteiger partial charge in [0.05, 0.1) is 17.1 Å². The Hall–Kier alpha value is -2.20. The van der Waals surface area contributed by atoms with Crippen molar-refractivity contribution in [3.63, 3.8) is 0 Å². The van der Waals surface area contributed by atoms with Crippen molar-refractivity contribution in [2.75, 3.05) is 32.7 Å². The maximum atomic E-state index is 13.4. The Morgan fingerprint density at radius 3 is 2.73 bits per heavy atom. The van der Waals surface area contributed by atoms with Gasteiger partial charge in [-0.1, -0.05) is 0 Å². The average molecular weight is 370 g/mol. The minimum Gasteiger partial charge on any atom is -0.350 e. The summed E-state index contributed by atoms with van der Waals surface area (Å²) < 4.78 is 41.8. The Labute approximate surface area is 148 Å². The molecule has 2 aromatic heterocycles. The monoisotopic (exact) mass is 370 g/mol.